The number of benzene rings is 1. The van der Waals surface area contributed by atoms with E-state index >= 15 is 0 Å². The van der Waals surface area contributed by atoms with Gasteiger partial charge in [0.2, 0.25) is 0 Å². The lowest BCUT2D eigenvalue weighted by atomic mass is 10.1. The van der Waals surface area contributed by atoms with Gasteiger partial charge in [-0.05, 0) is 18.9 Å². The second-order valence-corrected chi connectivity index (χ2v) is 3.20. The minimum Gasteiger partial charge on any atom is -0.462 e. The van der Waals surface area contributed by atoms with Crippen LogP contribution in [0.1, 0.15) is 25.8 Å². The van der Waals surface area contributed by atoms with Crippen LogP contribution in [-0.2, 0) is 9.53 Å². The zero-order valence-electron chi connectivity index (χ0n) is 9.19. The SMILES string of the molecule is C/C=C(/C(=O)OCCC)c1ccccc1. The molecule has 0 spiro atoms. The van der Waals surface area contributed by atoms with Gasteiger partial charge in [0.1, 0.15) is 0 Å². The van der Waals surface area contributed by atoms with Crippen molar-refractivity contribution in [2.24, 2.45) is 0 Å². The highest BCUT2D eigenvalue weighted by molar-refractivity contribution is 6.16. The molecule has 15 heavy (non-hydrogen) atoms. The first-order chi connectivity index (χ1) is 7.29. The van der Waals surface area contributed by atoms with Gasteiger partial charge in [-0.3, -0.25) is 0 Å². The quantitative estimate of drug-likeness (QED) is 0.556. The molecule has 2 nitrogen and oxygen atoms in total. The topological polar surface area (TPSA) is 26.3 Å². The van der Waals surface area contributed by atoms with Gasteiger partial charge in [0.05, 0.1) is 12.2 Å². The molecule has 0 N–H and O–H groups in total. The fraction of sp³-hybridized carbons (Fsp3) is 0.308. The molecule has 0 unspecified atom stereocenters. The number of carbonyl (C=O) groups excluding carboxylic acids is 1. The van der Waals surface area contributed by atoms with E-state index in [0.29, 0.717) is 12.2 Å². The third kappa shape index (κ3) is 3.24. The molecule has 0 bridgehead atoms. The number of allylic oxidation sites excluding steroid dienone is 1. The van der Waals surface area contributed by atoms with Crippen LogP contribution in [0.5, 0.6) is 0 Å². The maximum absolute atomic E-state index is 11.6. The van der Waals surface area contributed by atoms with Crippen molar-refractivity contribution >= 4 is 11.5 Å². The van der Waals surface area contributed by atoms with Crippen LogP contribution in [0.25, 0.3) is 5.57 Å². The lowest BCUT2D eigenvalue weighted by Crippen LogP contribution is -2.07. The smallest absolute Gasteiger partial charge is 0.338 e. The molecule has 1 aromatic carbocycles. The van der Waals surface area contributed by atoms with Crippen LogP contribution in [0, 0.1) is 0 Å². The number of ether oxygens (including phenoxy) is 1. The lowest BCUT2D eigenvalue weighted by molar-refractivity contribution is -0.136. The third-order valence-corrected chi connectivity index (χ3v) is 2.03. The minimum atomic E-state index is -0.245. The average molecular weight is 204 g/mol. The largest absolute Gasteiger partial charge is 0.462 e. The fourth-order valence-electron chi connectivity index (χ4n) is 1.29. The second kappa shape index (κ2) is 6.02. The van der Waals surface area contributed by atoms with E-state index in [2.05, 4.69) is 0 Å². The van der Waals surface area contributed by atoms with Gasteiger partial charge in [-0.15, -0.1) is 0 Å². The molecule has 0 fully saturated rings. The second-order valence-electron chi connectivity index (χ2n) is 3.20. The van der Waals surface area contributed by atoms with Crippen LogP contribution >= 0.6 is 0 Å². The van der Waals surface area contributed by atoms with E-state index in [4.69, 9.17) is 4.74 Å². The predicted molar refractivity (Wildman–Crippen MR) is 61.3 cm³/mol. The standard InChI is InChI=1S/C13H16O2/c1-3-10-15-13(14)12(4-2)11-8-6-5-7-9-11/h4-9H,3,10H2,1-2H3/b12-4+. The first kappa shape index (κ1) is 11.5. The summed E-state index contributed by atoms with van der Waals surface area (Å²) in [6.45, 7) is 4.30. The van der Waals surface area contributed by atoms with Gasteiger partial charge in [-0.1, -0.05) is 43.3 Å². The van der Waals surface area contributed by atoms with Gasteiger partial charge in [-0.2, -0.15) is 0 Å². The Hall–Kier alpha value is -1.57. The molecule has 0 atom stereocenters. The summed E-state index contributed by atoms with van der Waals surface area (Å²) in [4.78, 5) is 11.6. The van der Waals surface area contributed by atoms with Crippen LogP contribution in [-0.4, -0.2) is 12.6 Å². The molecule has 2 heteroatoms. The van der Waals surface area contributed by atoms with Crippen LogP contribution in [0.2, 0.25) is 0 Å². The molecule has 1 rings (SSSR count). The summed E-state index contributed by atoms with van der Waals surface area (Å²) >= 11 is 0. The molecule has 0 aliphatic rings. The summed E-state index contributed by atoms with van der Waals surface area (Å²) in [6, 6.07) is 9.55. The van der Waals surface area contributed by atoms with Gasteiger partial charge >= 0.3 is 5.97 Å². The molecular weight excluding hydrogens is 188 g/mol. The van der Waals surface area contributed by atoms with Gasteiger partial charge in [-0.25, -0.2) is 4.79 Å². The molecule has 0 aliphatic carbocycles. The Morgan fingerprint density at radius 2 is 2.00 bits per heavy atom. The summed E-state index contributed by atoms with van der Waals surface area (Å²) in [6.07, 6.45) is 2.63. The molecule has 0 aromatic heterocycles. The number of esters is 1. The van der Waals surface area contributed by atoms with Crippen LogP contribution < -0.4 is 0 Å². The van der Waals surface area contributed by atoms with E-state index < -0.39 is 0 Å². The summed E-state index contributed by atoms with van der Waals surface area (Å²) in [7, 11) is 0. The van der Waals surface area contributed by atoms with Crippen LogP contribution in [0.15, 0.2) is 36.4 Å². The van der Waals surface area contributed by atoms with E-state index in [1.807, 2.05) is 44.2 Å². The maximum Gasteiger partial charge on any atom is 0.338 e. The minimum absolute atomic E-state index is 0.245. The van der Waals surface area contributed by atoms with Gasteiger partial charge in [0, 0.05) is 0 Å². The Kier molecular flexibility index (Phi) is 4.61. The zero-order chi connectivity index (χ0) is 11.1. The molecule has 0 aliphatic heterocycles. The predicted octanol–water partition coefficient (Wildman–Crippen LogP) is 3.04. The number of rotatable bonds is 4. The van der Waals surface area contributed by atoms with E-state index in [9.17, 15) is 4.79 Å². The molecule has 80 valence electrons. The molecule has 0 radical (unpaired) electrons. The summed E-state index contributed by atoms with van der Waals surface area (Å²) in [5.41, 5.74) is 1.53. The zero-order valence-corrected chi connectivity index (χ0v) is 9.19. The molecule has 0 saturated carbocycles. The van der Waals surface area contributed by atoms with Crippen LogP contribution in [0.4, 0.5) is 0 Å². The fourth-order valence-corrected chi connectivity index (χ4v) is 1.29. The third-order valence-electron chi connectivity index (χ3n) is 2.03. The van der Waals surface area contributed by atoms with Crippen molar-refractivity contribution in [2.75, 3.05) is 6.61 Å². The van der Waals surface area contributed by atoms with Crippen molar-refractivity contribution < 1.29 is 9.53 Å². The van der Waals surface area contributed by atoms with Crippen molar-refractivity contribution in [1.29, 1.82) is 0 Å². The van der Waals surface area contributed by atoms with Crippen molar-refractivity contribution in [1.82, 2.24) is 0 Å². The Labute approximate surface area is 90.6 Å². The maximum atomic E-state index is 11.6. The normalized spacial score (nSPS) is 11.2. The number of hydrogen-bond donors (Lipinski definition) is 0. The molecule has 0 saturated heterocycles. The van der Waals surface area contributed by atoms with Crippen LogP contribution in [0.3, 0.4) is 0 Å². The van der Waals surface area contributed by atoms with Crippen molar-refractivity contribution in [2.45, 2.75) is 20.3 Å². The highest BCUT2D eigenvalue weighted by Crippen LogP contribution is 2.15. The Balaban J connectivity index is 2.78. The average Bonchev–Trinajstić information content (AvgIpc) is 2.29. The van der Waals surface area contributed by atoms with Crippen molar-refractivity contribution in [3.05, 3.63) is 42.0 Å². The summed E-state index contributed by atoms with van der Waals surface area (Å²) in [5, 5.41) is 0. The monoisotopic (exact) mass is 204 g/mol. The van der Waals surface area contributed by atoms with Gasteiger partial charge in [0.15, 0.2) is 0 Å². The number of carbonyl (C=O) groups is 1. The summed E-state index contributed by atoms with van der Waals surface area (Å²) < 4.78 is 5.09. The Morgan fingerprint density at radius 3 is 2.53 bits per heavy atom. The first-order valence-corrected chi connectivity index (χ1v) is 5.18. The molecule has 0 amide bonds. The first-order valence-electron chi connectivity index (χ1n) is 5.18. The molecule has 0 heterocycles. The lowest BCUT2D eigenvalue weighted by Gasteiger charge is -2.06. The highest BCUT2D eigenvalue weighted by Gasteiger charge is 2.11. The van der Waals surface area contributed by atoms with Crippen molar-refractivity contribution in [3.8, 4) is 0 Å². The summed E-state index contributed by atoms with van der Waals surface area (Å²) in [5.74, 6) is -0.245. The van der Waals surface area contributed by atoms with E-state index in [1.54, 1.807) is 6.08 Å². The van der Waals surface area contributed by atoms with Gasteiger partial charge in [0.25, 0.3) is 0 Å². The molecular formula is C13H16O2. The molecule has 1 aromatic rings. The number of hydrogen-bond acceptors (Lipinski definition) is 2. The Bertz CT molecular complexity index is 339. The van der Waals surface area contributed by atoms with E-state index in [0.717, 1.165) is 12.0 Å². The highest BCUT2D eigenvalue weighted by atomic mass is 16.5. The Morgan fingerprint density at radius 1 is 1.33 bits per heavy atom. The van der Waals surface area contributed by atoms with Crippen molar-refractivity contribution in [3.63, 3.8) is 0 Å². The van der Waals surface area contributed by atoms with E-state index in [-0.39, 0.29) is 5.97 Å². The van der Waals surface area contributed by atoms with Gasteiger partial charge < -0.3 is 4.74 Å². The van der Waals surface area contributed by atoms with E-state index in [1.165, 1.54) is 0 Å².